The number of hydrogen-bond acceptors (Lipinski definition) is 7. The number of rotatable bonds is 6. The first-order valence-corrected chi connectivity index (χ1v) is 13.4. The van der Waals surface area contributed by atoms with Crippen LogP contribution >= 0.6 is 11.3 Å². The molecular formula is C27H31N3O4S. The highest BCUT2D eigenvalue weighted by Gasteiger charge is 2.35. The minimum atomic E-state index is -0.570. The van der Waals surface area contributed by atoms with Gasteiger partial charge in [-0.1, -0.05) is 0 Å². The van der Waals surface area contributed by atoms with E-state index < -0.39 is 5.97 Å². The van der Waals surface area contributed by atoms with E-state index in [2.05, 4.69) is 15.5 Å². The summed E-state index contributed by atoms with van der Waals surface area (Å²) in [5.41, 5.74) is 9.03. The third-order valence-corrected chi connectivity index (χ3v) is 8.76. The average molecular weight is 494 g/mol. The van der Waals surface area contributed by atoms with Crippen LogP contribution in [0.5, 0.6) is 5.75 Å². The van der Waals surface area contributed by atoms with Crippen LogP contribution in [0, 0.1) is 0 Å². The molecule has 0 amide bonds. The monoisotopic (exact) mass is 493 g/mol. The molecule has 8 heteroatoms. The highest BCUT2D eigenvalue weighted by atomic mass is 32.1. The highest BCUT2D eigenvalue weighted by Crippen LogP contribution is 2.47. The first-order chi connectivity index (χ1) is 17.0. The number of carbonyl (C=O) groups is 1. The van der Waals surface area contributed by atoms with E-state index in [-0.39, 0.29) is 29.7 Å². The molecule has 7 nitrogen and oxygen atoms in total. The smallest absolute Gasteiger partial charge is 0.343 e. The number of pyridine rings is 1. The maximum absolute atomic E-state index is 13.3. The summed E-state index contributed by atoms with van der Waals surface area (Å²) in [4.78, 5) is 30.9. The SMILES string of the molecule is CCOC(=O)c1cn(C2CC2)c2c(OC)c(-c3cc4c(s3)CCCC4N3CC(N)C3)ccc2c1=O. The van der Waals surface area contributed by atoms with Crippen molar-refractivity contribution in [2.24, 2.45) is 5.73 Å². The predicted octanol–water partition coefficient (Wildman–Crippen LogP) is 4.27. The van der Waals surface area contributed by atoms with Gasteiger partial charge in [0.2, 0.25) is 5.43 Å². The van der Waals surface area contributed by atoms with Gasteiger partial charge in [0.05, 0.1) is 24.6 Å². The summed E-state index contributed by atoms with van der Waals surface area (Å²) < 4.78 is 13.2. The van der Waals surface area contributed by atoms with Gasteiger partial charge < -0.3 is 19.8 Å². The van der Waals surface area contributed by atoms with Crippen LogP contribution in [0.1, 0.15) is 65.5 Å². The molecule has 3 aromatic rings. The lowest BCUT2D eigenvalue weighted by Gasteiger charge is -2.44. The molecule has 3 aliphatic rings. The van der Waals surface area contributed by atoms with E-state index in [1.807, 2.05) is 23.5 Å². The third-order valence-electron chi connectivity index (χ3n) is 7.51. The van der Waals surface area contributed by atoms with E-state index in [0.717, 1.165) is 48.3 Å². The Morgan fingerprint density at radius 1 is 1.23 bits per heavy atom. The Hall–Kier alpha value is -2.68. The Labute approximate surface area is 208 Å². The van der Waals surface area contributed by atoms with Crippen molar-refractivity contribution in [3.05, 3.63) is 50.6 Å². The van der Waals surface area contributed by atoms with Crippen molar-refractivity contribution >= 4 is 28.2 Å². The summed E-state index contributed by atoms with van der Waals surface area (Å²) in [5.74, 6) is 0.127. The van der Waals surface area contributed by atoms with E-state index in [0.29, 0.717) is 17.2 Å². The Bertz CT molecular complexity index is 1370. The summed E-state index contributed by atoms with van der Waals surface area (Å²) in [6.07, 6.45) is 7.16. The van der Waals surface area contributed by atoms with E-state index >= 15 is 0 Å². The number of esters is 1. The molecule has 35 heavy (non-hydrogen) atoms. The number of nitrogens with two attached hydrogens (primary N) is 1. The van der Waals surface area contributed by atoms with Crippen LogP contribution in [-0.4, -0.2) is 48.3 Å². The molecule has 1 aromatic carbocycles. The van der Waals surface area contributed by atoms with Crippen LogP contribution in [0.4, 0.5) is 0 Å². The normalized spacial score (nSPS) is 20.5. The number of carbonyl (C=O) groups excluding carboxylic acids is 1. The molecule has 0 radical (unpaired) electrons. The van der Waals surface area contributed by atoms with Gasteiger partial charge in [0.25, 0.3) is 0 Å². The van der Waals surface area contributed by atoms with Crippen molar-refractivity contribution in [2.75, 3.05) is 26.8 Å². The molecule has 1 atom stereocenters. The van der Waals surface area contributed by atoms with Gasteiger partial charge in [0.1, 0.15) is 5.56 Å². The van der Waals surface area contributed by atoms with Crippen molar-refractivity contribution in [2.45, 2.75) is 57.2 Å². The van der Waals surface area contributed by atoms with Crippen LogP contribution in [0.3, 0.4) is 0 Å². The van der Waals surface area contributed by atoms with Gasteiger partial charge in [-0.15, -0.1) is 11.3 Å². The molecule has 3 heterocycles. The zero-order chi connectivity index (χ0) is 24.3. The van der Waals surface area contributed by atoms with Gasteiger partial charge >= 0.3 is 5.97 Å². The fraction of sp³-hybridized carbons (Fsp3) is 0.481. The largest absolute Gasteiger partial charge is 0.494 e. The molecule has 0 spiro atoms. The quantitative estimate of drug-likeness (QED) is 0.516. The third kappa shape index (κ3) is 3.79. The number of aromatic nitrogens is 1. The lowest BCUT2D eigenvalue weighted by atomic mass is 9.89. The van der Waals surface area contributed by atoms with Crippen LogP contribution in [0.25, 0.3) is 21.3 Å². The topological polar surface area (TPSA) is 86.8 Å². The predicted molar refractivity (Wildman–Crippen MR) is 138 cm³/mol. The first kappa shape index (κ1) is 22.8. The summed E-state index contributed by atoms with van der Waals surface area (Å²) >= 11 is 1.83. The maximum atomic E-state index is 13.3. The number of likely N-dealkylation sites (tertiary alicyclic amines) is 1. The van der Waals surface area contributed by atoms with Crippen molar-refractivity contribution < 1.29 is 14.3 Å². The highest BCUT2D eigenvalue weighted by molar-refractivity contribution is 7.15. The zero-order valence-corrected chi connectivity index (χ0v) is 21.0. The molecule has 184 valence electrons. The number of fused-ring (bicyclic) bond motifs is 2. The molecule has 1 unspecified atom stereocenters. The summed E-state index contributed by atoms with van der Waals surface area (Å²) in [6.45, 7) is 3.90. The second-order valence-corrected chi connectivity index (χ2v) is 11.0. The zero-order valence-electron chi connectivity index (χ0n) is 20.2. The van der Waals surface area contributed by atoms with Crippen molar-refractivity contribution in [1.82, 2.24) is 9.47 Å². The Morgan fingerprint density at radius 2 is 2.03 bits per heavy atom. The van der Waals surface area contributed by atoms with Gasteiger partial charge in [-0.3, -0.25) is 9.69 Å². The maximum Gasteiger partial charge on any atom is 0.343 e. The lowest BCUT2D eigenvalue weighted by Crippen LogP contribution is -2.56. The van der Waals surface area contributed by atoms with Gasteiger partial charge in [-0.25, -0.2) is 4.79 Å². The molecule has 2 fully saturated rings. The van der Waals surface area contributed by atoms with Crippen LogP contribution in [0.15, 0.2) is 29.2 Å². The number of thiophene rings is 1. The van der Waals surface area contributed by atoms with Crippen molar-refractivity contribution in [3.8, 4) is 16.2 Å². The van der Waals surface area contributed by atoms with Crippen LogP contribution in [0.2, 0.25) is 0 Å². The molecule has 1 saturated carbocycles. The number of methoxy groups -OCH3 is 1. The van der Waals surface area contributed by atoms with E-state index in [4.69, 9.17) is 15.2 Å². The first-order valence-electron chi connectivity index (χ1n) is 12.6. The molecular weight excluding hydrogens is 462 g/mol. The molecule has 6 rings (SSSR count). The van der Waals surface area contributed by atoms with Gasteiger partial charge in [0, 0.05) is 52.7 Å². The van der Waals surface area contributed by atoms with Gasteiger partial charge in [-0.2, -0.15) is 0 Å². The molecule has 2 aliphatic carbocycles. The second kappa shape index (κ2) is 8.76. The molecule has 2 aromatic heterocycles. The van der Waals surface area contributed by atoms with Gasteiger partial charge in [0.15, 0.2) is 5.75 Å². The summed E-state index contributed by atoms with van der Waals surface area (Å²) in [6, 6.07) is 7.13. The molecule has 1 saturated heterocycles. The van der Waals surface area contributed by atoms with Crippen LogP contribution in [-0.2, 0) is 11.2 Å². The van der Waals surface area contributed by atoms with Crippen molar-refractivity contribution in [1.29, 1.82) is 0 Å². The van der Waals surface area contributed by atoms with Crippen LogP contribution < -0.4 is 15.9 Å². The Kier molecular flexibility index (Phi) is 5.70. The number of ether oxygens (including phenoxy) is 2. The van der Waals surface area contributed by atoms with Crippen molar-refractivity contribution in [3.63, 3.8) is 0 Å². The fourth-order valence-electron chi connectivity index (χ4n) is 5.66. The molecule has 0 bridgehead atoms. The fourth-order valence-corrected chi connectivity index (χ4v) is 6.94. The van der Waals surface area contributed by atoms with Gasteiger partial charge in [-0.05, 0) is 62.8 Å². The Morgan fingerprint density at radius 3 is 2.71 bits per heavy atom. The minimum Gasteiger partial charge on any atom is -0.494 e. The minimum absolute atomic E-state index is 0.0863. The van der Waals surface area contributed by atoms with E-state index in [9.17, 15) is 9.59 Å². The molecule has 1 aliphatic heterocycles. The summed E-state index contributed by atoms with van der Waals surface area (Å²) in [5, 5.41) is 0.497. The number of nitrogens with zero attached hydrogens (tertiary/aromatic N) is 2. The number of benzene rings is 1. The standard InChI is InChI=1S/C27H31N3O4S/c1-3-34-27(32)20-14-30(16-7-8-16)24-18(25(20)31)10-9-17(26(24)33-2)23-11-19-21(29-12-15(28)13-29)5-4-6-22(19)35-23/h9-11,14-16,21H,3-8,12-13,28H2,1-2H3. The average Bonchev–Trinajstić information content (AvgIpc) is 3.59. The number of hydrogen-bond donors (Lipinski definition) is 1. The molecule has 2 N–H and O–H groups in total. The lowest BCUT2D eigenvalue weighted by molar-refractivity contribution is 0.0524. The van der Waals surface area contributed by atoms with E-state index in [1.165, 1.54) is 23.3 Å². The summed E-state index contributed by atoms with van der Waals surface area (Å²) in [7, 11) is 1.66. The second-order valence-electron chi connectivity index (χ2n) is 9.88. The Balaban J connectivity index is 1.49. The number of aryl methyl sites for hydroxylation is 1. The van der Waals surface area contributed by atoms with E-state index in [1.54, 1.807) is 20.2 Å².